The standard InChI is InChI=1S/C17H14FNO/c1-20-14-5-6-15(16(18)10-14)12-3-2-4-13(9-12)17(11-19)7-8-17/h2-6,9-10H,7-8H2,1H3. The largest absolute Gasteiger partial charge is 0.497 e. The predicted molar refractivity (Wildman–Crippen MR) is 74.9 cm³/mol. The zero-order chi connectivity index (χ0) is 14.2. The fourth-order valence-electron chi connectivity index (χ4n) is 2.43. The van der Waals surface area contributed by atoms with Gasteiger partial charge < -0.3 is 4.74 Å². The van der Waals surface area contributed by atoms with E-state index in [0.717, 1.165) is 24.0 Å². The van der Waals surface area contributed by atoms with Crippen molar-refractivity contribution < 1.29 is 9.13 Å². The molecule has 1 fully saturated rings. The van der Waals surface area contributed by atoms with Crippen LogP contribution in [-0.4, -0.2) is 7.11 Å². The molecular formula is C17H14FNO. The molecule has 0 amide bonds. The van der Waals surface area contributed by atoms with Crippen molar-refractivity contribution >= 4 is 0 Å². The van der Waals surface area contributed by atoms with Crippen LogP contribution in [0.1, 0.15) is 18.4 Å². The van der Waals surface area contributed by atoms with Crippen molar-refractivity contribution in [2.75, 3.05) is 7.11 Å². The van der Waals surface area contributed by atoms with Crippen LogP contribution in [0.25, 0.3) is 11.1 Å². The minimum Gasteiger partial charge on any atom is -0.497 e. The van der Waals surface area contributed by atoms with Gasteiger partial charge in [0.25, 0.3) is 0 Å². The molecule has 100 valence electrons. The van der Waals surface area contributed by atoms with Gasteiger partial charge in [-0.25, -0.2) is 4.39 Å². The molecule has 0 spiro atoms. The molecule has 1 saturated carbocycles. The van der Waals surface area contributed by atoms with E-state index in [-0.39, 0.29) is 11.2 Å². The fraction of sp³-hybridized carbons (Fsp3) is 0.235. The maximum atomic E-state index is 14.1. The molecule has 0 N–H and O–H groups in total. The van der Waals surface area contributed by atoms with E-state index >= 15 is 0 Å². The molecule has 0 atom stereocenters. The third-order valence-electron chi connectivity index (χ3n) is 3.87. The number of hydrogen-bond donors (Lipinski definition) is 0. The molecule has 0 aromatic heterocycles. The first kappa shape index (κ1) is 12.7. The van der Waals surface area contributed by atoms with E-state index < -0.39 is 0 Å². The highest BCUT2D eigenvalue weighted by molar-refractivity contribution is 5.66. The second-order valence-electron chi connectivity index (χ2n) is 5.12. The van der Waals surface area contributed by atoms with Crippen molar-refractivity contribution in [3.8, 4) is 22.9 Å². The topological polar surface area (TPSA) is 33.0 Å². The van der Waals surface area contributed by atoms with Crippen LogP contribution in [0.4, 0.5) is 4.39 Å². The lowest BCUT2D eigenvalue weighted by Crippen LogP contribution is -2.02. The summed E-state index contributed by atoms with van der Waals surface area (Å²) in [6.45, 7) is 0. The first-order chi connectivity index (χ1) is 9.68. The Balaban J connectivity index is 2.03. The predicted octanol–water partition coefficient (Wildman–Crippen LogP) is 4.06. The highest BCUT2D eigenvalue weighted by Crippen LogP contribution is 2.48. The van der Waals surface area contributed by atoms with Crippen LogP contribution in [0.15, 0.2) is 42.5 Å². The molecule has 1 aliphatic rings. The van der Waals surface area contributed by atoms with E-state index in [9.17, 15) is 9.65 Å². The normalized spacial score (nSPS) is 15.4. The number of nitrogens with zero attached hydrogens (tertiary/aromatic N) is 1. The molecule has 0 heterocycles. The number of rotatable bonds is 3. The summed E-state index contributed by atoms with van der Waals surface area (Å²) in [6.07, 6.45) is 1.77. The SMILES string of the molecule is COc1ccc(-c2cccc(C3(C#N)CC3)c2)c(F)c1. The molecule has 0 unspecified atom stereocenters. The maximum absolute atomic E-state index is 14.1. The van der Waals surface area contributed by atoms with Crippen molar-refractivity contribution in [1.82, 2.24) is 0 Å². The smallest absolute Gasteiger partial charge is 0.134 e. The molecule has 2 aromatic rings. The molecule has 3 heteroatoms. The zero-order valence-electron chi connectivity index (χ0n) is 11.2. The van der Waals surface area contributed by atoms with Crippen molar-refractivity contribution in [2.24, 2.45) is 0 Å². The van der Waals surface area contributed by atoms with E-state index in [1.807, 2.05) is 24.3 Å². The van der Waals surface area contributed by atoms with Gasteiger partial charge in [-0.3, -0.25) is 0 Å². The second-order valence-corrected chi connectivity index (χ2v) is 5.12. The quantitative estimate of drug-likeness (QED) is 0.840. The number of nitriles is 1. The first-order valence-electron chi connectivity index (χ1n) is 6.54. The minimum absolute atomic E-state index is 0.316. The van der Waals surface area contributed by atoms with Crippen LogP contribution in [0.5, 0.6) is 5.75 Å². The summed E-state index contributed by atoms with van der Waals surface area (Å²) in [6, 6.07) is 14.8. The van der Waals surface area contributed by atoms with E-state index in [4.69, 9.17) is 4.74 Å². The van der Waals surface area contributed by atoms with Gasteiger partial charge in [0.05, 0.1) is 18.6 Å². The Hall–Kier alpha value is -2.34. The van der Waals surface area contributed by atoms with Gasteiger partial charge in [-0.1, -0.05) is 18.2 Å². The van der Waals surface area contributed by atoms with Gasteiger partial charge in [0, 0.05) is 11.6 Å². The van der Waals surface area contributed by atoms with Gasteiger partial charge >= 0.3 is 0 Å². The number of ether oxygens (including phenoxy) is 1. The molecule has 0 saturated heterocycles. The highest BCUT2D eigenvalue weighted by Gasteiger charge is 2.44. The lowest BCUT2D eigenvalue weighted by molar-refractivity contribution is 0.411. The average molecular weight is 267 g/mol. The summed E-state index contributed by atoms with van der Waals surface area (Å²) in [5.41, 5.74) is 1.96. The lowest BCUT2D eigenvalue weighted by Gasteiger charge is -2.10. The molecule has 1 aliphatic carbocycles. The van der Waals surface area contributed by atoms with Crippen LogP contribution >= 0.6 is 0 Å². The van der Waals surface area contributed by atoms with Crippen LogP contribution < -0.4 is 4.74 Å². The van der Waals surface area contributed by atoms with E-state index in [1.54, 1.807) is 12.1 Å². The van der Waals surface area contributed by atoms with Crippen molar-refractivity contribution in [2.45, 2.75) is 18.3 Å². The lowest BCUT2D eigenvalue weighted by atomic mass is 9.93. The molecule has 0 bridgehead atoms. The fourth-order valence-corrected chi connectivity index (χ4v) is 2.43. The highest BCUT2D eigenvalue weighted by atomic mass is 19.1. The Morgan fingerprint density at radius 1 is 1.20 bits per heavy atom. The van der Waals surface area contributed by atoms with Crippen LogP contribution in [0.3, 0.4) is 0 Å². The summed E-state index contributed by atoms with van der Waals surface area (Å²) in [5.74, 6) is 0.182. The Labute approximate surface area is 117 Å². The van der Waals surface area contributed by atoms with Gasteiger partial charge in [0.1, 0.15) is 11.6 Å². The Kier molecular flexibility index (Phi) is 2.94. The Morgan fingerprint density at radius 2 is 2.00 bits per heavy atom. The molecular weight excluding hydrogens is 253 g/mol. The van der Waals surface area contributed by atoms with Gasteiger partial charge in [0.2, 0.25) is 0 Å². The molecule has 20 heavy (non-hydrogen) atoms. The molecule has 0 radical (unpaired) electrons. The molecule has 0 aliphatic heterocycles. The van der Waals surface area contributed by atoms with E-state index in [1.165, 1.54) is 13.2 Å². The minimum atomic E-state index is -0.348. The third kappa shape index (κ3) is 2.04. The van der Waals surface area contributed by atoms with Gasteiger partial charge in [-0.15, -0.1) is 0 Å². The monoisotopic (exact) mass is 267 g/mol. The van der Waals surface area contributed by atoms with Gasteiger partial charge in [-0.2, -0.15) is 5.26 Å². The van der Waals surface area contributed by atoms with E-state index in [0.29, 0.717) is 11.3 Å². The summed E-state index contributed by atoms with van der Waals surface area (Å²) in [5, 5.41) is 9.25. The summed E-state index contributed by atoms with van der Waals surface area (Å²) >= 11 is 0. The first-order valence-corrected chi connectivity index (χ1v) is 6.54. The van der Waals surface area contributed by atoms with Crippen molar-refractivity contribution in [3.63, 3.8) is 0 Å². The number of benzene rings is 2. The van der Waals surface area contributed by atoms with E-state index in [2.05, 4.69) is 6.07 Å². The van der Waals surface area contributed by atoms with Crippen LogP contribution in [0.2, 0.25) is 0 Å². The summed E-state index contributed by atoms with van der Waals surface area (Å²) in [7, 11) is 1.51. The zero-order valence-corrected chi connectivity index (χ0v) is 11.2. The molecule has 2 nitrogen and oxygen atoms in total. The van der Waals surface area contributed by atoms with Gasteiger partial charge in [0.15, 0.2) is 0 Å². The summed E-state index contributed by atoms with van der Waals surface area (Å²) in [4.78, 5) is 0. The Bertz CT molecular complexity index is 698. The number of hydrogen-bond acceptors (Lipinski definition) is 2. The third-order valence-corrected chi connectivity index (χ3v) is 3.87. The van der Waals surface area contributed by atoms with Crippen LogP contribution in [-0.2, 0) is 5.41 Å². The summed E-state index contributed by atoms with van der Waals surface area (Å²) < 4.78 is 19.1. The average Bonchev–Trinajstić information content (AvgIpc) is 3.28. The van der Waals surface area contributed by atoms with Crippen molar-refractivity contribution in [3.05, 3.63) is 53.8 Å². The second kappa shape index (κ2) is 4.64. The van der Waals surface area contributed by atoms with Crippen molar-refractivity contribution in [1.29, 1.82) is 5.26 Å². The molecule has 2 aromatic carbocycles. The number of methoxy groups -OCH3 is 1. The van der Waals surface area contributed by atoms with Gasteiger partial charge in [-0.05, 0) is 42.2 Å². The molecule has 3 rings (SSSR count). The van der Waals surface area contributed by atoms with Crippen LogP contribution in [0, 0.1) is 17.1 Å². The maximum Gasteiger partial charge on any atom is 0.134 e. The Morgan fingerprint density at radius 3 is 2.60 bits per heavy atom. The number of halogens is 1.